The summed E-state index contributed by atoms with van der Waals surface area (Å²) in [6.07, 6.45) is 5.82. The van der Waals surface area contributed by atoms with Crippen LogP contribution >= 0.6 is 0 Å². The highest BCUT2D eigenvalue weighted by Gasteiger charge is 2.34. The summed E-state index contributed by atoms with van der Waals surface area (Å²) in [5.74, 6) is -3.65. The van der Waals surface area contributed by atoms with Crippen LogP contribution in [0.5, 0.6) is 0 Å². The number of halogens is 2. The topological polar surface area (TPSA) is 96.3 Å². The fourth-order valence-electron chi connectivity index (χ4n) is 5.14. The fourth-order valence-corrected chi connectivity index (χ4v) is 5.14. The van der Waals surface area contributed by atoms with Crippen LogP contribution in [0.3, 0.4) is 0 Å². The monoisotopic (exact) mass is 503 g/mol. The van der Waals surface area contributed by atoms with Crippen LogP contribution < -0.4 is 10.6 Å². The summed E-state index contributed by atoms with van der Waals surface area (Å²) in [7, 11) is 1.78. The second-order valence-electron chi connectivity index (χ2n) is 9.98. The Morgan fingerprint density at radius 2 is 1.86 bits per heavy atom. The fraction of sp³-hybridized carbons (Fsp3) is 0.615. The number of carbonyl (C=O) groups is 3. The lowest BCUT2D eigenvalue weighted by Crippen LogP contribution is -2.39. The Morgan fingerprint density at radius 3 is 2.61 bits per heavy atom. The van der Waals surface area contributed by atoms with E-state index in [1.54, 1.807) is 11.7 Å². The van der Waals surface area contributed by atoms with E-state index in [-0.39, 0.29) is 37.0 Å². The molecule has 1 atom stereocenters. The van der Waals surface area contributed by atoms with E-state index < -0.39 is 11.8 Å². The molecular formula is C26H35F2N5O3. The zero-order chi connectivity index (χ0) is 25.7. The van der Waals surface area contributed by atoms with Crippen LogP contribution in [0.2, 0.25) is 0 Å². The van der Waals surface area contributed by atoms with Crippen molar-refractivity contribution in [3.63, 3.8) is 0 Å². The zero-order valence-corrected chi connectivity index (χ0v) is 20.8. The Kier molecular flexibility index (Phi) is 8.33. The van der Waals surface area contributed by atoms with Crippen molar-refractivity contribution in [3.05, 3.63) is 23.9 Å². The Labute approximate surface area is 209 Å². The van der Waals surface area contributed by atoms with Crippen LogP contribution in [0.25, 0.3) is 10.9 Å². The number of rotatable bonds is 10. The third-order valence-electron chi connectivity index (χ3n) is 7.20. The summed E-state index contributed by atoms with van der Waals surface area (Å²) < 4.78 is 28.1. The first kappa shape index (κ1) is 26.2. The minimum absolute atomic E-state index is 0.0348. The van der Waals surface area contributed by atoms with Gasteiger partial charge in [0.25, 0.3) is 5.92 Å². The molecule has 0 radical (unpaired) electrons. The van der Waals surface area contributed by atoms with Gasteiger partial charge in [-0.05, 0) is 31.9 Å². The maximum absolute atomic E-state index is 13.2. The van der Waals surface area contributed by atoms with E-state index in [4.69, 9.17) is 0 Å². The highest BCUT2D eigenvalue weighted by atomic mass is 19.3. The minimum atomic E-state index is -2.49. The molecule has 2 N–H and O–H groups in total. The SMILES string of the molecule is Cn1nc(C2CCC(=O)NC2=O)c2cccc(NC(=O)CCCCCCCN3CCC(F)(F)CC3)c21. The van der Waals surface area contributed by atoms with Gasteiger partial charge in [0, 0.05) is 51.2 Å². The summed E-state index contributed by atoms with van der Waals surface area (Å²) in [5, 5.41) is 10.7. The van der Waals surface area contributed by atoms with E-state index >= 15 is 0 Å². The number of imide groups is 1. The molecular weight excluding hydrogens is 468 g/mol. The van der Waals surface area contributed by atoms with Crippen LogP contribution in [0.15, 0.2) is 18.2 Å². The Bertz CT molecular complexity index is 1110. The summed E-state index contributed by atoms with van der Waals surface area (Å²) >= 11 is 0. The number of nitrogens with zero attached hydrogens (tertiary/aromatic N) is 3. The number of unbranched alkanes of at least 4 members (excludes halogenated alkanes) is 4. The molecule has 2 saturated heterocycles. The largest absolute Gasteiger partial charge is 0.324 e. The summed E-state index contributed by atoms with van der Waals surface area (Å²) in [4.78, 5) is 38.6. The molecule has 1 unspecified atom stereocenters. The number of benzene rings is 1. The molecule has 196 valence electrons. The third-order valence-corrected chi connectivity index (χ3v) is 7.20. The van der Waals surface area contributed by atoms with E-state index in [0.717, 1.165) is 49.6 Å². The number of carbonyl (C=O) groups excluding carboxylic acids is 3. The van der Waals surface area contributed by atoms with Crippen molar-refractivity contribution in [1.29, 1.82) is 0 Å². The predicted molar refractivity (Wildman–Crippen MR) is 133 cm³/mol. The zero-order valence-electron chi connectivity index (χ0n) is 20.8. The normalized spacial score (nSPS) is 20.5. The van der Waals surface area contributed by atoms with Crippen LogP contribution in [-0.4, -0.2) is 58.0 Å². The van der Waals surface area contributed by atoms with Crippen LogP contribution in [0.4, 0.5) is 14.5 Å². The van der Waals surface area contributed by atoms with Crippen LogP contribution in [-0.2, 0) is 21.4 Å². The molecule has 0 saturated carbocycles. The average molecular weight is 504 g/mol. The van der Waals surface area contributed by atoms with Crippen molar-refractivity contribution in [2.75, 3.05) is 25.0 Å². The first-order valence-corrected chi connectivity index (χ1v) is 12.9. The molecule has 10 heteroatoms. The van der Waals surface area contributed by atoms with E-state index in [2.05, 4.69) is 20.6 Å². The van der Waals surface area contributed by atoms with Gasteiger partial charge in [0.05, 0.1) is 22.8 Å². The number of anilines is 1. The lowest BCUT2D eigenvalue weighted by Gasteiger charge is -2.31. The standard InChI is InChI=1S/C26H35F2N5O3/c1-32-24-18(23(31-32)19-11-12-22(35)30-25(19)36)8-7-9-20(24)29-21(34)10-5-3-2-4-6-15-33-16-13-26(27,28)14-17-33/h7-9,19H,2-6,10-17H2,1H3,(H,29,34)(H,30,35,36). The summed E-state index contributed by atoms with van der Waals surface area (Å²) in [5.41, 5.74) is 2.02. The van der Waals surface area contributed by atoms with Crippen molar-refractivity contribution in [2.24, 2.45) is 7.05 Å². The molecule has 2 aliphatic heterocycles. The molecule has 4 rings (SSSR count). The lowest BCUT2D eigenvalue weighted by atomic mass is 9.92. The number of amides is 3. The molecule has 2 aliphatic rings. The van der Waals surface area contributed by atoms with Crippen LogP contribution in [0.1, 0.15) is 75.8 Å². The second-order valence-corrected chi connectivity index (χ2v) is 9.98. The number of aryl methyl sites for hydroxylation is 1. The maximum atomic E-state index is 13.2. The van der Waals surface area contributed by atoms with Gasteiger partial charge < -0.3 is 10.2 Å². The summed E-state index contributed by atoms with van der Waals surface area (Å²) in [6, 6.07) is 5.54. The first-order chi connectivity index (χ1) is 17.2. The molecule has 36 heavy (non-hydrogen) atoms. The molecule has 3 heterocycles. The van der Waals surface area contributed by atoms with Gasteiger partial charge in [-0.1, -0.05) is 31.4 Å². The number of piperidine rings is 2. The number of fused-ring (bicyclic) bond motifs is 1. The van der Waals surface area contributed by atoms with E-state index in [1.165, 1.54) is 0 Å². The van der Waals surface area contributed by atoms with Crippen molar-refractivity contribution >= 4 is 34.3 Å². The van der Waals surface area contributed by atoms with E-state index in [9.17, 15) is 23.2 Å². The molecule has 0 bridgehead atoms. The van der Waals surface area contributed by atoms with Gasteiger partial charge in [0.15, 0.2) is 0 Å². The quantitative estimate of drug-likeness (QED) is 0.376. The highest BCUT2D eigenvalue weighted by molar-refractivity contribution is 6.05. The number of alkyl halides is 2. The number of para-hydroxylation sites is 1. The number of hydrogen-bond acceptors (Lipinski definition) is 5. The molecule has 3 amide bonds. The van der Waals surface area contributed by atoms with Gasteiger partial charge in [-0.3, -0.25) is 24.4 Å². The van der Waals surface area contributed by atoms with Crippen molar-refractivity contribution in [2.45, 2.75) is 76.0 Å². The number of hydrogen-bond donors (Lipinski definition) is 2. The molecule has 1 aromatic heterocycles. The first-order valence-electron chi connectivity index (χ1n) is 12.9. The molecule has 0 spiro atoms. The molecule has 2 aromatic rings. The number of likely N-dealkylation sites (tertiary alicyclic amines) is 1. The van der Waals surface area contributed by atoms with Gasteiger partial charge >= 0.3 is 0 Å². The Balaban J connectivity index is 1.22. The lowest BCUT2D eigenvalue weighted by molar-refractivity contribution is -0.134. The Hall–Kier alpha value is -2.88. The molecule has 8 nitrogen and oxygen atoms in total. The van der Waals surface area contributed by atoms with Crippen LogP contribution in [0, 0.1) is 0 Å². The average Bonchev–Trinajstić information content (AvgIpc) is 3.16. The van der Waals surface area contributed by atoms with E-state index in [0.29, 0.717) is 37.3 Å². The van der Waals surface area contributed by atoms with Crippen molar-refractivity contribution in [1.82, 2.24) is 20.0 Å². The second kappa shape index (κ2) is 11.5. The van der Waals surface area contributed by atoms with E-state index in [1.807, 2.05) is 18.2 Å². The minimum Gasteiger partial charge on any atom is -0.324 e. The Morgan fingerprint density at radius 1 is 1.14 bits per heavy atom. The number of aromatic nitrogens is 2. The third kappa shape index (κ3) is 6.46. The summed E-state index contributed by atoms with van der Waals surface area (Å²) in [6.45, 7) is 1.82. The predicted octanol–water partition coefficient (Wildman–Crippen LogP) is 4.10. The smallest absolute Gasteiger partial charge is 0.250 e. The number of nitrogens with one attached hydrogen (secondary N) is 2. The van der Waals surface area contributed by atoms with Gasteiger partial charge in [-0.25, -0.2) is 8.78 Å². The molecule has 0 aliphatic carbocycles. The molecule has 2 fully saturated rings. The van der Waals surface area contributed by atoms with Gasteiger partial charge in [0.2, 0.25) is 17.7 Å². The van der Waals surface area contributed by atoms with Gasteiger partial charge in [-0.2, -0.15) is 5.10 Å². The molecule has 1 aromatic carbocycles. The van der Waals surface area contributed by atoms with Crippen molar-refractivity contribution < 1.29 is 23.2 Å². The van der Waals surface area contributed by atoms with Gasteiger partial charge in [-0.15, -0.1) is 0 Å². The highest BCUT2D eigenvalue weighted by Crippen LogP contribution is 2.33. The van der Waals surface area contributed by atoms with Crippen molar-refractivity contribution in [3.8, 4) is 0 Å². The maximum Gasteiger partial charge on any atom is 0.250 e. The van der Waals surface area contributed by atoms with Gasteiger partial charge in [0.1, 0.15) is 0 Å².